The van der Waals surface area contributed by atoms with Gasteiger partial charge in [0.2, 0.25) is 0 Å². The van der Waals surface area contributed by atoms with Gasteiger partial charge in [-0.15, -0.1) is 5.10 Å². The molecule has 4 rings (SSSR count). The number of fused-ring (bicyclic) bond motifs is 1. The summed E-state index contributed by atoms with van der Waals surface area (Å²) in [7, 11) is 0. The van der Waals surface area contributed by atoms with E-state index in [0.29, 0.717) is 11.4 Å². The van der Waals surface area contributed by atoms with Crippen LogP contribution in [0.25, 0.3) is 33.3 Å². The topological polar surface area (TPSA) is 78.2 Å². The second-order valence-corrected chi connectivity index (χ2v) is 5.13. The molecular weight excluding hydrogens is 286 g/mol. The number of para-hydroxylation sites is 1. The SMILES string of the molecule is N#Cc1n[nH]nc1-c1cccc(-c2cnc3ccccc3c2)c1. The van der Waals surface area contributed by atoms with Crippen LogP contribution in [0.15, 0.2) is 60.8 Å². The Balaban J connectivity index is 1.83. The summed E-state index contributed by atoms with van der Waals surface area (Å²) in [6, 6.07) is 20.0. The van der Waals surface area contributed by atoms with Crippen LogP contribution in [0.2, 0.25) is 0 Å². The molecule has 23 heavy (non-hydrogen) atoms. The van der Waals surface area contributed by atoms with E-state index in [1.54, 1.807) is 0 Å². The highest BCUT2D eigenvalue weighted by molar-refractivity contribution is 5.84. The number of hydrogen-bond acceptors (Lipinski definition) is 4. The van der Waals surface area contributed by atoms with Gasteiger partial charge in [-0.25, -0.2) is 0 Å². The maximum absolute atomic E-state index is 9.09. The van der Waals surface area contributed by atoms with Gasteiger partial charge in [-0.2, -0.15) is 15.6 Å². The first-order valence-corrected chi connectivity index (χ1v) is 7.11. The molecule has 0 saturated heterocycles. The van der Waals surface area contributed by atoms with Crippen LogP contribution in [0.4, 0.5) is 0 Å². The van der Waals surface area contributed by atoms with E-state index in [2.05, 4.69) is 26.5 Å². The lowest BCUT2D eigenvalue weighted by molar-refractivity contribution is 0.937. The van der Waals surface area contributed by atoms with Crippen LogP contribution in [0.5, 0.6) is 0 Å². The van der Waals surface area contributed by atoms with Crippen LogP contribution in [-0.2, 0) is 0 Å². The molecule has 2 aromatic heterocycles. The van der Waals surface area contributed by atoms with Crippen LogP contribution in [0.3, 0.4) is 0 Å². The average Bonchev–Trinajstić information content (AvgIpc) is 3.10. The number of pyridine rings is 1. The standard InChI is InChI=1S/C18H11N5/c19-10-17-18(22-23-21-17)14-6-3-5-12(8-14)15-9-13-4-1-2-7-16(13)20-11-15/h1-9,11H,(H,21,22,23). The minimum absolute atomic E-state index is 0.291. The number of hydrogen-bond donors (Lipinski definition) is 1. The molecule has 0 saturated carbocycles. The van der Waals surface area contributed by atoms with Gasteiger partial charge in [0, 0.05) is 22.7 Å². The fourth-order valence-electron chi connectivity index (χ4n) is 2.59. The van der Waals surface area contributed by atoms with Crippen molar-refractivity contribution >= 4 is 10.9 Å². The van der Waals surface area contributed by atoms with Gasteiger partial charge in [0.1, 0.15) is 11.8 Å². The lowest BCUT2D eigenvalue weighted by Gasteiger charge is -2.05. The van der Waals surface area contributed by atoms with Crippen LogP contribution in [0.1, 0.15) is 5.69 Å². The summed E-state index contributed by atoms with van der Waals surface area (Å²) >= 11 is 0. The van der Waals surface area contributed by atoms with Crippen molar-refractivity contribution in [3.05, 3.63) is 66.5 Å². The van der Waals surface area contributed by atoms with Crippen molar-refractivity contribution in [3.63, 3.8) is 0 Å². The molecule has 2 heterocycles. The zero-order valence-electron chi connectivity index (χ0n) is 12.1. The Labute approximate surface area is 132 Å². The molecule has 0 spiro atoms. The molecule has 4 aromatic rings. The molecular formula is C18H11N5. The number of H-pyrrole nitrogens is 1. The van der Waals surface area contributed by atoms with E-state index in [-0.39, 0.29) is 0 Å². The molecule has 0 radical (unpaired) electrons. The number of nitrogens with one attached hydrogen (secondary N) is 1. The minimum Gasteiger partial charge on any atom is -0.256 e. The Morgan fingerprint density at radius 1 is 0.870 bits per heavy atom. The third kappa shape index (κ3) is 2.32. The summed E-state index contributed by atoms with van der Waals surface area (Å²) in [4.78, 5) is 4.50. The van der Waals surface area contributed by atoms with Gasteiger partial charge in [0.05, 0.1) is 5.52 Å². The molecule has 1 N–H and O–H groups in total. The molecule has 0 aliphatic rings. The molecule has 0 bridgehead atoms. The lowest BCUT2D eigenvalue weighted by Crippen LogP contribution is -1.86. The summed E-state index contributed by atoms with van der Waals surface area (Å²) in [5.41, 5.74) is 4.71. The maximum atomic E-state index is 9.09. The lowest BCUT2D eigenvalue weighted by atomic mass is 10.0. The second kappa shape index (κ2) is 5.35. The summed E-state index contributed by atoms with van der Waals surface area (Å²) in [5, 5.41) is 20.6. The van der Waals surface area contributed by atoms with Crippen molar-refractivity contribution in [1.82, 2.24) is 20.4 Å². The molecule has 0 amide bonds. The molecule has 2 aromatic carbocycles. The summed E-state index contributed by atoms with van der Waals surface area (Å²) < 4.78 is 0. The monoisotopic (exact) mass is 297 g/mol. The number of rotatable bonds is 2. The van der Waals surface area contributed by atoms with Gasteiger partial charge in [-0.1, -0.05) is 36.4 Å². The smallest absolute Gasteiger partial charge is 0.190 e. The Morgan fingerprint density at radius 3 is 2.65 bits per heavy atom. The quantitative estimate of drug-likeness (QED) is 0.613. The van der Waals surface area contributed by atoms with Crippen LogP contribution >= 0.6 is 0 Å². The van der Waals surface area contributed by atoms with E-state index in [0.717, 1.165) is 27.6 Å². The Kier molecular flexibility index (Phi) is 3.06. The first-order chi connectivity index (χ1) is 11.3. The van der Waals surface area contributed by atoms with Gasteiger partial charge in [0.15, 0.2) is 5.69 Å². The highest BCUT2D eigenvalue weighted by atomic mass is 15.3. The van der Waals surface area contributed by atoms with Crippen LogP contribution in [0, 0.1) is 11.3 Å². The molecule has 0 unspecified atom stereocenters. The second-order valence-electron chi connectivity index (χ2n) is 5.13. The van der Waals surface area contributed by atoms with Crippen molar-refractivity contribution < 1.29 is 0 Å². The van der Waals surface area contributed by atoms with Gasteiger partial charge in [-0.3, -0.25) is 4.98 Å². The molecule has 108 valence electrons. The van der Waals surface area contributed by atoms with Crippen molar-refractivity contribution in [1.29, 1.82) is 5.26 Å². The van der Waals surface area contributed by atoms with Crippen molar-refractivity contribution in [2.75, 3.05) is 0 Å². The fraction of sp³-hybridized carbons (Fsp3) is 0. The highest BCUT2D eigenvalue weighted by Crippen LogP contribution is 2.27. The van der Waals surface area contributed by atoms with Crippen LogP contribution in [-0.4, -0.2) is 20.4 Å². The first kappa shape index (κ1) is 13.2. The first-order valence-electron chi connectivity index (χ1n) is 7.11. The summed E-state index contributed by atoms with van der Waals surface area (Å²) in [6.45, 7) is 0. The predicted molar refractivity (Wildman–Crippen MR) is 87.3 cm³/mol. The van der Waals surface area contributed by atoms with Crippen molar-refractivity contribution in [2.45, 2.75) is 0 Å². The molecule has 5 heteroatoms. The van der Waals surface area contributed by atoms with E-state index in [1.165, 1.54) is 0 Å². The molecule has 0 aliphatic heterocycles. The average molecular weight is 297 g/mol. The molecule has 0 aliphatic carbocycles. The summed E-state index contributed by atoms with van der Waals surface area (Å²) in [5.74, 6) is 0. The molecule has 0 fully saturated rings. The van der Waals surface area contributed by atoms with E-state index in [4.69, 9.17) is 5.26 Å². The number of aromatic amines is 1. The van der Waals surface area contributed by atoms with E-state index >= 15 is 0 Å². The third-order valence-corrected chi connectivity index (χ3v) is 3.71. The van der Waals surface area contributed by atoms with Crippen LogP contribution < -0.4 is 0 Å². The van der Waals surface area contributed by atoms with E-state index in [9.17, 15) is 0 Å². The van der Waals surface area contributed by atoms with Gasteiger partial charge >= 0.3 is 0 Å². The number of nitrogens with zero attached hydrogens (tertiary/aromatic N) is 4. The van der Waals surface area contributed by atoms with E-state index < -0.39 is 0 Å². The third-order valence-electron chi connectivity index (χ3n) is 3.71. The highest BCUT2D eigenvalue weighted by Gasteiger charge is 2.10. The largest absolute Gasteiger partial charge is 0.256 e. The molecule has 5 nitrogen and oxygen atoms in total. The Bertz CT molecular complexity index is 1040. The fourth-order valence-corrected chi connectivity index (χ4v) is 2.59. The normalized spacial score (nSPS) is 10.6. The zero-order chi connectivity index (χ0) is 15.6. The number of nitriles is 1. The number of aromatic nitrogens is 4. The zero-order valence-corrected chi connectivity index (χ0v) is 12.1. The van der Waals surface area contributed by atoms with E-state index in [1.807, 2.05) is 60.8 Å². The Morgan fingerprint density at radius 2 is 1.74 bits per heavy atom. The van der Waals surface area contributed by atoms with Crippen molar-refractivity contribution in [3.8, 4) is 28.5 Å². The van der Waals surface area contributed by atoms with Gasteiger partial charge in [-0.05, 0) is 23.8 Å². The van der Waals surface area contributed by atoms with Crippen molar-refractivity contribution in [2.24, 2.45) is 0 Å². The Hall–Kier alpha value is -3.52. The number of benzene rings is 2. The van der Waals surface area contributed by atoms with Gasteiger partial charge < -0.3 is 0 Å². The maximum Gasteiger partial charge on any atom is 0.190 e. The minimum atomic E-state index is 0.291. The summed E-state index contributed by atoms with van der Waals surface area (Å²) in [6.07, 6.45) is 1.86. The predicted octanol–water partition coefficient (Wildman–Crippen LogP) is 3.56. The molecule has 0 atom stereocenters. The van der Waals surface area contributed by atoms with Gasteiger partial charge in [0.25, 0.3) is 0 Å².